The van der Waals surface area contributed by atoms with Crippen molar-refractivity contribution in [1.82, 2.24) is 10.2 Å². The van der Waals surface area contributed by atoms with Crippen molar-refractivity contribution >= 4 is 11.8 Å². The van der Waals surface area contributed by atoms with Crippen molar-refractivity contribution in [2.75, 3.05) is 19.7 Å². The van der Waals surface area contributed by atoms with Crippen molar-refractivity contribution in [2.45, 2.75) is 52.5 Å². The average molecular weight is 284 g/mol. The van der Waals surface area contributed by atoms with Gasteiger partial charge in [0.1, 0.15) is 0 Å². The van der Waals surface area contributed by atoms with Crippen molar-refractivity contribution in [3.63, 3.8) is 0 Å². The molecule has 2 N–H and O–H groups in total. The lowest BCUT2D eigenvalue weighted by molar-refractivity contribution is -0.138. The van der Waals surface area contributed by atoms with Crippen molar-refractivity contribution in [2.24, 2.45) is 11.8 Å². The summed E-state index contributed by atoms with van der Waals surface area (Å²) in [7, 11) is 0. The molecule has 0 saturated carbocycles. The van der Waals surface area contributed by atoms with Crippen LogP contribution in [-0.4, -0.2) is 47.1 Å². The molecule has 0 unspecified atom stereocenters. The SMILES string of the molecule is CC(C)C(=O)N1CCC(C(=O)NC(C)(C)CCO)CC1. The fourth-order valence-electron chi connectivity index (χ4n) is 2.50. The van der Waals surface area contributed by atoms with Crippen LogP contribution < -0.4 is 5.32 Å². The Labute approximate surface area is 121 Å². The van der Waals surface area contributed by atoms with E-state index in [0.717, 1.165) is 12.8 Å². The van der Waals surface area contributed by atoms with Gasteiger partial charge < -0.3 is 15.3 Å². The highest BCUT2D eigenvalue weighted by Gasteiger charge is 2.30. The number of aliphatic hydroxyl groups is 1. The first-order valence-corrected chi connectivity index (χ1v) is 7.48. The monoisotopic (exact) mass is 284 g/mol. The van der Waals surface area contributed by atoms with E-state index in [1.54, 1.807) is 0 Å². The number of nitrogens with zero attached hydrogens (tertiary/aromatic N) is 1. The second kappa shape index (κ2) is 7.07. The van der Waals surface area contributed by atoms with Crippen LogP contribution in [0.15, 0.2) is 0 Å². The standard InChI is InChI=1S/C15H28N2O3/c1-11(2)14(20)17-8-5-12(6-9-17)13(19)16-15(3,4)7-10-18/h11-12,18H,5-10H2,1-4H3,(H,16,19). The van der Waals surface area contributed by atoms with Gasteiger partial charge in [-0.3, -0.25) is 9.59 Å². The highest BCUT2D eigenvalue weighted by atomic mass is 16.3. The number of nitrogens with one attached hydrogen (secondary N) is 1. The van der Waals surface area contributed by atoms with E-state index in [1.807, 2.05) is 32.6 Å². The summed E-state index contributed by atoms with van der Waals surface area (Å²) in [6, 6.07) is 0. The number of amides is 2. The molecule has 5 nitrogen and oxygen atoms in total. The molecule has 0 aromatic rings. The van der Waals surface area contributed by atoms with E-state index >= 15 is 0 Å². The third-order valence-electron chi connectivity index (χ3n) is 3.87. The van der Waals surface area contributed by atoms with Gasteiger partial charge in [0.15, 0.2) is 0 Å². The van der Waals surface area contributed by atoms with Crippen LogP contribution in [0.4, 0.5) is 0 Å². The molecule has 0 bridgehead atoms. The molecule has 0 atom stereocenters. The van der Waals surface area contributed by atoms with Crippen molar-refractivity contribution in [3.8, 4) is 0 Å². The van der Waals surface area contributed by atoms with Crippen molar-refractivity contribution in [3.05, 3.63) is 0 Å². The van der Waals surface area contributed by atoms with Crippen LogP contribution in [0.3, 0.4) is 0 Å². The predicted octanol–water partition coefficient (Wildman–Crippen LogP) is 1.16. The molecule has 1 rings (SSSR count). The van der Waals surface area contributed by atoms with Crippen molar-refractivity contribution in [1.29, 1.82) is 0 Å². The van der Waals surface area contributed by atoms with E-state index in [4.69, 9.17) is 5.11 Å². The number of piperidine rings is 1. The lowest BCUT2D eigenvalue weighted by Gasteiger charge is -2.34. The number of rotatable bonds is 5. The van der Waals surface area contributed by atoms with Crippen LogP contribution in [-0.2, 0) is 9.59 Å². The fourth-order valence-corrected chi connectivity index (χ4v) is 2.50. The molecular weight excluding hydrogens is 256 g/mol. The van der Waals surface area contributed by atoms with E-state index in [-0.39, 0.29) is 35.8 Å². The molecule has 0 aliphatic carbocycles. The van der Waals surface area contributed by atoms with Gasteiger partial charge in [-0.15, -0.1) is 0 Å². The van der Waals surface area contributed by atoms with Crippen LogP contribution in [0.5, 0.6) is 0 Å². The second-order valence-electron chi connectivity index (χ2n) is 6.60. The summed E-state index contributed by atoms with van der Waals surface area (Å²) in [5, 5.41) is 12.0. The first-order valence-electron chi connectivity index (χ1n) is 7.48. The second-order valence-corrected chi connectivity index (χ2v) is 6.60. The van der Waals surface area contributed by atoms with E-state index in [1.165, 1.54) is 0 Å². The number of likely N-dealkylation sites (tertiary alicyclic amines) is 1. The molecule has 0 aromatic carbocycles. The van der Waals surface area contributed by atoms with E-state index in [0.29, 0.717) is 19.5 Å². The Morgan fingerprint density at radius 3 is 2.30 bits per heavy atom. The molecule has 20 heavy (non-hydrogen) atoms. The third kappa shape index (κ3) is 4.78. The zero-order valence-corrected chi connectivity index (χ0v) is 13.1. The molecule has 1 aliphatic rings. The molecule has 1 fully saturated rings. The van der Waals surface area contributed by atoms with E-state index in [9.17, 15) is 9.59 Å². The summed E-state index contributed by atoms with van der Waals surface area (Å²) in [5.74, 6) is 0.206. The molecule has 0 spiro atoms. The van der Waals surface area contributed by atoms with Crippen LogP contribution >= 0.6 is 0 Å². The summed E-state index contributed by atoms with van der Waals surface area (Å²) in [6.07, 6.45) is 1.99. The Kier molecular flexibility index (Phi) is 5.99. The molecule has 1 saturated heterocycles. The van der Waals surface area contributed by atoms with Crippen LogP contribution in [0, 0.1) is 11.8 Å². The van der Waals surface area contributed by atoms with Gasteiger partial charge in [0.05, 0.1) is 0 Å². The predicted molar refractivity (Wildman–Crippen MR) is 78.1 cm³/mol. The Bertz CT molecular complexity index is 345. The normalized spacial score (nSPS) is 17.4. The number of carbonyl (C=O) groups excluding carboxylic acids is 2. The summed E-state index contributed by atoms with van der Waals surface area (Å²) >= 11 is 0. The Hall–Kier alpha value is -1.10. The average Bonchev–Trinajstić information content (AvgIpc) is 2.37. The largest absolute Gasteiger partial charge is 0.396 e. The third-order valence-corrected chi connectivity index (χ3v) is 3.87. The van der Waals surface area contributed by atoms with Crippen LogP contribution in [0.2, 0.25) is 0 Å². The highest BCUT2D eigenvalue weighted by Crippen LogP contribution is 2.20. The maximum atomic E-state index is 12.2. The quantitative estimate of drug-likeness (QED) is 0.796. The van der Waals surface area contributed by atoms with Gasteiger partial charge in [-0.2, -0.15) is 0 Å². The maximum absolute atomic E-state index is 12.2. The first kappa shape index (κ1) is 17.0. The molecule has 1 heterocycles. The van der Waals surface area contributed by atoms with E-state index in [2.05, 4.69) is 5.32 Å². The fraction of sp³-hybridized carbons (Fsp3) is 0.867. The lowest BCUT2D eigenvalue weighted by Crippen LogP contribution is -2.49. The molecule has 5 heteroatoms. The summed E-state index contributed by atoms with van der Waals surface area (Å²) in [4.78, 5) is 25.9. The zero-order chi connectivity index (χ0) is 15.3. The maximum Gasteiger partial charge on any atom is 0.225 e. The first-order chi connectivity index (χ1) is 9.26. The Balaban J connectivity index is 2.45. The summed E-state index contributed by atoms with van der Waals surface area (Å²) < 4.78 is 0. The molecule has 0 radical (unpaired) electrons. The van der Waals surface area contributed by atoms with Gasteiger partial charge in [0, 0.05) is 37.1 Å². The Morgan fingerprint density at radius 1 is 1.30 bits per heavy atom. The van der Waals surface area contributed by atoms with Gasteiger partial charge in [-0.1, -0.05) is 13.8 Å². The smallest absolute Gasteiger partial charge is 0.225 e. The lowest BCUT2D eigenvalue weighted by atomic mass is 9.93. The minimum Gasteiger partial charge on any atom is -0.396 e. The van der Waals surface area contributed by atoms with Crippen LogP contribution in [0.1, 0.15) is 47.0 Å². The van der Waals surface area contributed by atoms with Gasteiger partial charge in [-0.05, 0) is 33.1 Å². The van der Waals surface area contributed by atoms with Crippen LogP contribution in [0.25, 0.3) is 0 Å². The molecule has 0 aromatic heterocycles. The number of hydrogen-bond acceptors (Lipinski definition) is 3. The highest BCUT2D eigenvalue weighted by molar-refractivity contribution is 5.81. The topological polar surface area (TPSA) is 69.6 Å². The molecule has 2 amide bonds. The number of aliphatic hydroxyl groups excluding tert-OH is 1. The summed E-state index contributed by atoms with van der Waals surface area (Å²) in [6.45, 7) is 9.02. The number of hydrogen-bond donors (Lipinski definition) is 2. The molecule has 116 valence electrons. The van der Waals surface area contributed by atoms with Gasteiger partial charge in [0.2, 0.25) is 11.8 Å². The minimum atomic E-state index is -0.378. The molecule has 1 aliphatic heterocycles. The van der Waals surface area contributed by atoms with Crippen molar-refractivity contribution < 1.29 is 14.7 Å². The zero-order valence-electron chi connectivity index (χ0n) is 13.1. The molecular formula is C15H28N2O3. The Morgan fingerprint density at radius 2 is 1.85 bits per heavy atom. The van der Waals surface area contributed by atoms with E-state index < -0.39 is 0 Å². The van der Waals surface area contributed by atoms with Gasteiger partial charge >= 0.3 is 0 Å². The number of carbonyl (C=O) groups is 2. The van der Waals surface area contributed by atoms with Gasteiger partial charge in [0.25, 0.3) is 0 Å². The minimum absolute atomic E-state index is 0.0175. The summed E-state index contributed by atoms with van der Waals surface area (Å²) in [5.41, 5.74) is -0.378. The van der Waals surface area contributed by atoms with Gasteiger partial charge in [-0.25, -0.2) is 0 Å².